The van der Waals surface area contributed by atoms with E-state index in [9.17, 15) is 14.9 Å². The Balaban J connectivity index is 2.44. The quantitative estimate of drug-likeness (QED) is 0.655. The van der Waals surface area contributed by atoms with Crippen molar-refractivity contribution in [3.05, 3.63) is 51.5 Å². The lowest BCUT2D eigenvalue weighted by Gasteiger charge is -2.09. The second-order valence-corrected chi connectivity index (χ2v) is 4.36. The molecule has 0 radical (unpaired) electrons. The van der Waals surface area contributed by atoms with Crippen molar-refractivity contribution in [2.24, 2.45) is 0 Å². The molecular formula is C13H12N4O4. The van der Waals surface area contributed by atoms with E-state index in [1.165, 1.54) is 0 Å². The topological polar surface area (TPSA) is 118 Å². The van der Waals surface area contributed by atoms with Gasteiger partial charge in [-0.25, -0.2) is 9.78 Å². The summed E-state index contributed by atoms with van der Waals surface area (Å²) in [5.41, 5.74) is 1.40. The number of anilines is 2. The summed E-state index contributed by atoms with van der Waals surface area (Å²) in [7, 11) is 0. The molecule has 0 unspecified atom stereocenters. The Morgan fingerprint density at radius 2 is 2.10 bits per heavy atom. The van der Waals surface area contributed by atoms with Crippen molar-refractivity contribution < 1.29 is 14.8 Å². The van der Waals surface area contributed by atoms with Gasteiger partial charge in [0.1, 0.15) is 0 Å². The lowest BCUT2D eigenvalue weighted by Crippen LogP contribution is -2.05. The third-order valence-electron chi connectivity index (χ3n) is 2.79. The van der Waals surface area contributed by atoms with E-state index in [1.54, 1.807) is 19.1 Å². The molecular weight excluding hydrogens is 276 g/mol. The van der Waals surface area contributed by atoms with Crippen molar-refractivity contribution >= 4 is 23.2 Å². The number of nitro groups is 1. The van der Waals surface area contributed by atoms with Gasteiger partial charge in [0, 0.05) is 18.0 Å². The summed E-state index contributed by atoms with van der Waals surface area (Å²) < 4.78 is 0. The Kier molecular flexibility index (Phi) is 3.79. The third-order valence-corrected chi connectivity index (χ3v) is 2.79. The standard InChI is InChI=1S/C13H12N4O4/c1-7-3-4-10(8(2)15-7)16-12-11(17(20)21)5-9(6-14-12)13(18)19/h3-6H,1-2H3,(H,14,16)(H,18,19). The van der Waals surface area contributed by atoms with Crippen molar-refractivity contribution in [3.8, 4) is 0 Å². The number of nitrogens with zero attached hydrogens (tertiary/aromatic N) is 3. The van der Waals surface area contributed by atoms with E-state index in [4.69, 9.17) is 5.11 Å². The van der Waals surface area contributed by atoms with Gasteiger partial charge >= 0.3 is 11.7 Å². The molecule has 0 fully saturated rings. The van der Waals surface area contributed by atoms with Crippen LogP contribution in [-0.2, 0) is 0 Å². The van der Waals surface area contributed by atoms with Gasteiger partial charge in [-0.3, -0.25) is 15.1 Å². The molecule has 8 heteroatoms. The van der Waals surface area contributed by atoms with Crippen LogP contribution < -0.4 is 5.32 Å². The van der Waals surface area contributed by atoms with Crippen LogP contribution in [0, 0.1) is 24.0 Å². The first kappa shape index (κ1) is 14.4. The fourth-order valence-electron chi connectivity index (χ4n) is 1.75. The highest BCUT2D eigenvalue weighted by atomic mass is 16.6. The number of hydrogen-bond donors (Lipinski definition) is 2. The van der Waals surface area contributed by atoms with Crippen LogP contribution in [0.3, 0.4) is 0 Å². The summed E-state index contributed by atoms with van der Waals surface area (Å²) in [5.74, 6) is -1.30. The van der Waals surface area contributed by atoms with E-state index in [-0.39, 0.29) is 11.4 Å². The van der Waals surface area contributed by atoms with Gasteiger partial charge in [0.2, 0.25) is 5.82 Å². The van der Waals surface area contributed by atoms with Crippen LogP contribution >= 0.6 is 0 Å². The van der Waals surface area contributed by atoms with Crippen LogP contribution in [-0.4, -0.2) is 26.0 Å². The van der Waals surface area contributed by atoms with Crippen LogP contribution in [0.2, 0.25) is 0 Å². The Labute approximate surface area is 119 Å². The van der Waals surface area contributed by atoms with Gasteiger partial charge in [-0.1, -0.05) is 0 Å². The molecule has 0 saturated heterocycles. The Morgan fingerprint density at radius 3 is 2.67 bits per heavy atom. The van der Waals surface area contributed by atoms with Gasteiger partial charge in [-0.05, 0) is 26.0 Å². The van der Waals surface area contributed by atoms with Crippen LogP contribution in [0.4, 0.5) is 17.2 Å². The second-order valence-electron chi connectivity index (χ2n) is 4.36. The van der Waals surface area contributed by atoms with Crippen molar-refractivity contribution in [1.29, 1.82) is 0 Å². The molecule has 2 aromatic heterocycles. The first-order valence-corrected chi connectivity index (χ1v) is 5.97. The highest BCUT2D eigenvalue weighted by molar-refractivity contribution is 5.89. The van der Waals surface area contributed by atoms with Crippen molar-refractivity contribution in [2.75, 3.05) is 5.32 Å². The monoisotopic (exact) mass is 288 g/mol. The number of carboxylic acid groups (broad SMARTS) is 1. The first-order valence-electron chi connectivity index (χ1n) is 5.97. The molecule has 8 nitrogen and oxygen atoms in total. The predicted molar refractivity (Wildman–Crippen MR) is 74.8 cm³/mol. The first-order chi connectivity index (χ1) is 9.88. The van der Waals surface area contributed by atoms with E-state index in [1.807, 2.05) is 6.92 Å². The molecule has 108 valence electrons. The number of aromatic carboxylic acids is 1. The van der Waals surface area contributed by atoms with E-state index < -0.39 is 16.6 Å². The maximum Gasteiger partial charge on any atom is 0.337 e. The molecule has 2 aromatic rings. The summed E-state index contributed by atoms with van der Waals surface area (Å²) in [6, 6.07) is 4.45. The molecule has 0 atom stereocenters. The Morgan fingerprint density at radius 1 is 1.38 bits per heavy atom. The van der Waals surface area contributed by atoms with Gasteiger partial charge in [0.05, 0.1) is 21.9 Å². The average molecular weight is 288 g/mol. The zero-order valence-corrected chi connectivity index (χ0v) is 11.3. The number of aryl methyl sites for hydroxylation is 2. The molecule has 0 aliphatic carbocycles. The maximum atomic E-state index is 11.0. The number of nitrogens with one attached hydrogen (secondary N) is 1. The van der Waals surface area contributed by atoms with E-state index in [0.717, 1.165) is 18.0 Å². The smallest absolute Gasteiger partial charge is 0.337 e. The van der Waals surface area contributed by atoms with Gasteiger partial charge in [-0.2, -0.15) is 0 Å². The minimum absolute atomic E-state index is 0.0289. The second kappa shape index (κ2) is 5.53. The highest BCUT2D eigenvalue weighted by Gasteiger charge is 2.19. The maximum absolute atomic E-state index is 11.0. The Bertz CT molecular complexity index is 730. The molecule has 0 aromatic carbocycles. The van der Waals surface area contributed by atoms with Gasteiger partial charge in [-0.15, -0.1) is 0 Å². The number of carbonyl (C=O) groups is 1. The number of hydrogen-bond acceptors (Lipinski definition) is 6. The Hall–Kier alpha value is -3.03. The molecule has 0 spiro atoms. The molecule has 0 saturated carbocycles. The van der Waals surface area contributed by atoms with Crippen LogP contribution in [0.15, 0.2) is 24.4 Å². The predicted octanol–water partition coefficient (Wildman–Crippen LogP) is 2.44. The minimum Gasteiger partial charge on any atom is -0.478 e. The third kappa shape index (κ3) is 3.11. The molecule has 0 aliphatic heterocycles. The van der Waals surface area contributed by atoms with Crippen molar-refractivity contribution in [2.45, 2.75) is 13.8 Å². The normalized spacial score (nSPS) is 10.2. The van der Waals surface area contributed by atoms with Crippen molar-refractivity contribution in [1.82, 2.24) is 9.97 Å². The number of rotatable bonds is 4. The van der Waals surface area contributed by atoms with Crippen LogP contribution in [0.1, 0.15) is 21.7 Å². The molecule has 2 rings (SSSR count). The summed E-state index contributed by atoms with van der Waals surface area (Å²) in [6.45, 7) is 3.59. The van der Waals surface area contributed by atoms with E-state index in [2.05, 4.69) is 15.3 Å². The van der Waals surface area contributed by atoms with Crippen molar-refractivity contribution in [3.63, 3.8) is 0 Å². The molecule has 21 heavy (non-hydrogen) atoms. The fraction of sp³-hybridized carbons (Fsp3) is 0.154. The van der Waals surface area contributed by atoms with Gasteiger partial charge in [0.15, 0.2) is 0 Å². The highest BCUT2D eigenvalue weighted by Crippen LogP contribution is 2.27. The molecule has 0 aliphatic rings. The largest absolute Gasteiger partial charge is 0.478 e. The van der Waals surface area contributed by atoms with E-state index >= 15 is 0 Å². The van der Waals surface area contributed by atoms with Gasteiger partial charge in [0.25, 0.3) is 0 Å². The lowest BCUT2D eigenvalue weighted by molar-refractivity contribution is -0.384. The van der Waals surface area contributed by atoms with Crippen LogP contribution in [0.25, 0.3) is 0 Å². The molecule has 0 bridgehead atoms. The average Bonchev–Trinajstić information content (AvgIpc) is 2.41. The summed E-state index contributed by atoms with van der Waals surface area (Å²) in [6.07, 6.45) is 1.06. The lowest BCUT2D eigenvalue weighted by atomic mass is 10.2. The SMILES string of the molecule is Cc1ccc(Nc2ncc(C(=O)O)cc2[N+](=O)[O-])c(C)n1. The zero-order chi connectivity index (χ0) is 15.6. The molecule has 2 N–H and O–H groups in total. The van der Waals surface area contributed by atoms with Gasteiger partial charge < -0.3 is 10.4 Å². The summed E-state index contributed by atoms with van der Waals surface area (Å²) >= 11 is 0. The molecule has 2 heterocycles. The zero-order valence-electron chi connectivity index (χ0n) is 11.3. The number of carboxylic acids is 1. The van der Waals surface area contributed by atoms with Crippen LogP contribution in [0.5, 0.6) is 0 Å². The summed E-state index contributed by atoms with van der Waals surface area (Å²) in [5, 5.41) is 22.7. The number of pyridine rings is 2. The minimum atomic E-state index is -1.27. The fourth-order valence-corrected chi connectivity index (χ4v) is 1.75. The summed E-state index contributed by atoms with van der Waals surface area (Å²) in [4.78, 5) is 29.3. The molecule has 0 amide bonds. The number of aromatic nitrogens is 2. The van der Waals surface area contributed by atoms with E-state index in [0.29, 0.717) is 11.4 Å².